The van der Waals surface area contributed by atoms with E-state index in [4.69, 9.17) is 16.3 Å². The number of hydrogen-bond acceptors (Lipinski definition) is 3. The number of ether oxygens (including phenoxy) is 1. The highest BCUT2D eigenvalue weighted by atomic mass is 35.5. The summed E-state index contributed by atoms with van der Waals surface area (Å²) in [6.45, 7) is 1.68. The number of carbonyl (C=O) groups excluding carboxylic acids is 1. The third-order valence-corrected chi connectivity index (χ3v) is 2.68. The van der Waals surface area contributed by atoms with Crippen LogP contribution in [0.15, 0.2) is 48.8 Å². The summed E-state index contributed by atoms with van der Waals surface area (Å²) in [6, 6.07) is 10.4. The van der Waals surface area contributed by atoms with Gasteiger partial charge in [0.2, 0.25) is 0 Å². The molecule has 0 saturated heterocycles. The predicted octanol–water partition coefficient (Wildman–Crippen LogP) is 3.14. The third-order valence-electron chi connectivity index (χ3n) is 2.42. The highest BCUT2D eigenvalue weighted by molar-refractivity contribution is 6.30. The second-order valence-electron chi connectivity index (χ2n) is 3.94. The Labute approximate surface area is 116 Å². The molecule has 0 fully saturated rings. The Balaban J connectivity index is 1.94. The lowest BCUT2D eigenvalue weighted by Gasteiger charge is -2.14. The Hall–Kier alpha value is -2.07. The van der Waals surface area contributed by atoms with E-state index in [1.165, 1.54) is 0 Å². The summed E-state index contributed by atoms with van der Waals surface area (Å²) >= 11 is 5.78. The molecule has 1 N–H and O–H groups in total. The van der Waals surface area contributed by atoms with Gasteiger partial charge in [0.1, 0.15) is 5.75 Å². The maximum Gasteiger partial charge on any atom is 0.265 e. The van der Waals surface area contributed by atoms with Crippen molar-refractivity contribution in [3.8, 4) is 5.75 Å². The normalized spacial score (nSPS) is 11.7. The van der Waals surface area contributed by atoms with Crippen molar-refractivity contribution < 1.29 is 9.53 Å². The van der Waals surface area contributed by atoms with Crippen molar-refractivity contribution in [2.75, 3.05) is 5.32 Å². The lowest BCUT2D eigenvalue weighted by atomic mass is 10.3. The van der Waals surface area contributed by atoms with Gasteiger partial charge in [0.05, 0.1) is 11.9 Å². The molecule has 5 heteroatoms. The number of amides is 1. The molecule has 1 amide bonds. The lowest BCUT2D eigenvalue weighted by molar-refractivity contribution is -0.122. The van der Waals surface area contributed by atoms with Gasteiger partial charge in [-0.05, 0) is 43.3 Å². The second kappa shape index (κ2) is 6.20. The van der Waals surface area contributed by atoms with Crippen LogP contribution in [-0.2, 0) is 4.79 Å². The highest BCUT2D eigenvalue weighted by Gasteiger charge is 2.14. The third kappa shape index (κ3) is 3.96. The molecule has 0 aliphatic rings. The maximum atomic E-state index is 11.9. The lowest BCUT2D eigenvalue weighted by Crippen LogP contribution is -2.30. The number of halogens is 1. The molecule has 0 unspecified atom stereocenters. The summed E-state index contributed by atoms with van der Waals surface area (Å²) in [7, 11) is 0. The molecule has 1 aromatic carbocycles. The molecule has 19 heavy (non-hydrogen) atoms. The van der Waals surface area contributed by atoms with E-state index in [1.54, 1.807) is 55.7 Å². The van der Waals surface area contributed by atoms with Gasteiger partial charge >= 0.3 is 0 Å². The first-order valence-corrected chi connectivity index (χ1v) is 6.16. The molecule has 2 rings (SSSR count). The van der Waals surface area contributed by atoms with E-state index < -0.39 is 6.10 Å². The van der Waals surface area contributed by atoms with Gasteiger partial charge in [0, 0.05) is 11.2 Å². The molecule has 1 aromatic heterocycles. The van der Waals surface area contributed by atoms with E-state index in [2.05, 4.69) is 10.3 Å². The molecule has 1 heterocycles. The van der Waals surface area contributed by atoms with E-state index in [0.717, 1.165) is 0 Å². The Morgan fingerprint density at radius 3 is 2.68 bits per heavy atom. The highest BCUT2D eigenvalue weighted by Crippen LogP contribution is 2.17. The van der Waals surface area contributed by atoms with Gasteiger partial charge in [0.15, 0.2) is 6.10 Å². The molecule has 0 spiro atoms. The van der Waals surface area contributed by atoms with Crippen LogP contribution in [-0.4, -0.2) is 17.0 Å². The molecule has 0 aliphatic carbocycles. The Kier molecular flexibility index (Phi) is 4.36. The van der Waals surface area contributed by atoms with Crippen LogP contribution in [0.25, 0.3) is 0 Å². The molecular formula is C14H13ClN2O2. The molecule has 4 nitrogen and oxygen atoms in total. The first-order valence-electron chi connectivity index (χ1n) is 5.78. The molecular weight excluding hydrogens is 264 g/mol. The smallest absolute Gasteiger partial charge is 0.265 e. The topological polar surface area (TPSA) is 51.2 Å². The summed E-state index contributed by atoms with van der Waals surface area (Å²) in [6.07, 6.45) is 2.61. The molecule has 2 aromatic rings. The number of carbonyl (C=O) groups is 1. The number of nitrogens with one attached hydrogen (secondary N) is 1. The fourth-order valence-corrected chi connectivity index (χ4v) is 1.58. The zero-order valence-electron chi connectivity index (χ0n) is 10.3. The molecule has 0 saturated carbocycles. The minimum atomic E-state index is -0.610. The first-order chi connectivity index (χ1) is 9.15. The van der Waals surface area contributed by atoms with E-state index in [1.807, 2.05) is 0 Å². The predicted molar refractivity (Wildman–Crippen MR) is 74.4 cm³/mol. The second-order valence-corrected chi connectivity index (χ2v) is 4.38. The monoisotopic (exact) mass is 276 g/mol. The van der Waals surface area contributed by atoms with Crippen molar-refractivity contribution in [2.45, 2.75) is 13.0 Å². The largest absolute Gasteiger partial charge is 0.481 e. The number of benzene rings is 1. The standard InChI is InChI=1S/C14H13ClN2O2/c1-10(19-13-6-4-11(15)5-7-13)14(18)17-12-3-2-8-16-9-12/h2-10H,1H3,(H,17,18)/t10-/m1/s1. The van der Waals surface area contributed by atoms with E-state index in [0.29, 0.717) is 16.5 Å². The van der Waals surface area contributed by atoms with Crippen LogP contribution in [0.5, 0.6) is 5.75 Å². The molecule has 0 aliphatic heterocycles. The van der Waals surface area contributed by atoms with Gasteiger partial charge in [0.25, 0.3) is 5.91 Å². The van der Waals surface area contributed by atoms with Crippen molar-refractivity contribution in [3.63, 3.8) is 0 Å². The SMILES string of the molecule is C[C@@H](Oc1ccc(Cl)cc1)C(=O)Nc1cccnc1. The minimum Gasteiger partial charge on any atom is -0.481 e. The van der Waals surface area contributed by atoms with Crippen LogP contribution in [0.3, 0.4) is 0 Å². The van der Waals surface area contributed by atoms with Gasteiger partial charge in [-0.25, -0.2) is 0 Å². The van der Waals surface area contributed by atoms with E-state index in [9.17, 15) is 4.79 Å². The van der Waals surface area contributed by atoms with E-state index in [-0.39, 0.29) is 5.91 Å². The van der Waals surface area contributed by atoms with Crippen LogP contribution in [0.2, 0.25) is 5.02 Å². The Morgan fingerprint density at radius 2 is 2.05 bits per heavy atom. The molecule has 1 atom stereocenters. The van der Waals surface area contributed by atoms with Crippen LogP contribution in [0, 0.1) is 0 Å². The van der Waals surface area contributed by atoms with Gasteiger partial charge in [-0.1, -0.05) is 11.6 Å². The van der Waals surface area contributed by atoms with E-state index >= 15 is 0 Å². The average molecular weight is 277 g/mol. The number of nitrogens with zero attached hydrogens (tertiary/aromatic N) is 1. The first kappa shape index (κ1) is 13.4. The quantitative estimate of drug-likeness (QED) is 0.933. The fourth-order valence-electron chi connectivity index (χ4n) is 1.45. The van der Waals surface area contributed by atoms with Crippen LogP contribution in [0.1, 0.15) is 6.92 Å². The van der Waals surface area contributed by atoms with Crippen molar-refractivity contribution in [3.05, 3.63) is 53.8 Å². The van der Waals surface area contributed by atoms with Gasteiger partial charge < -0.3 is 10.1 Å². The zero-order valence-corrected chi connectivity index (χ0v) is 11.1. The van der Waals surface area contributed by atoms with Crippen molar-refractivity contribution in [2.24, 2.45) is 0 Å². The van der Waals surface area contributed by atoms with Crippen molar-refractivity contribution in [1.82, 2.24) is 4.98 Å². The van der Waals surface area contributed by atoms with Gasteiger partial charge in [-0.2, -0.15) is 0 Å². The number of anilines is 1. The summed E-state index contributed by atoms with van der Waals surface area (Å²) < 4.78 is 5.51. The fraction of sp³-hybridized carbons (Fsp3) is 0.143. The number of rotatable bonds is 4. The maximum absolute atomic E-state index is 11.9. The van der Waals surface area contributed by atoms with Crippen LogP contribution < -0.4 is 10.1 Å². The summed E-state index contributed by atoms with van der Waals surface area (Å²) in [5.41, 5.74) is 0.638. The van der Waals surface area contributed by atoms with Crippen molar-refractivity contribution >= 4 is 23.2 Å². The average Bonchev–Trinajstić information content (AvgIpc) is 2.42. The number of hydrogen-bond donors (Lipinski definition) is 1. The van der Waals surface area contributed by atoms with Gasteiger partial charge in [-0.15, -0.1) is 0 Å². The Bertz CT molecular complexity index is 543. The zero-order chi connectivity index (χ0) is 13.7. The molecule has 0 radical (unpaired) electrons. The number of pyridine rings is 1. The summed E-state index contributed by atoms with van der Waals surface area (Å²) in [5, 5.41) is 3.35. The van der Waals surface area contributed by atoms with Gasteiger partial charge in [-0.3, -0.25) is 9.78 Å². The minimum absolute atomic E-state index is 0.233. The number of aromatic nitrogens is 1. The van der Waals surface area contributed by atoms with Crippen LogP contribution in [0.4, 0.5) is 5.69 Å². The summed E-state index contributed by atoms with van der Waals surface area (Å²) in [4.78, 5) is 15.8. The Morgan fingerprint density at radius 1 is 1.32 bits per heavy atom. The summed E-state index contributed by atoms with van der Waals surface area (Å²) in [5.74, 6) is 0.362. The molecule has 0 bridgehead atoms. The molecule has 98 valence electrons. The van der Waals surface area contributed by atoms with Crippen LogP contribution >= 0.6 is 11.6 Å². The van der Waals surface area contributed by atoms with Crippen molar-refractivity contribution in [1.29, 1.82) is 0 Å².